The molecule has 2 aromatic carbocycles. The molecule has 2 aliphatic rings. The summed E-state index contributed by atoms with van der Waals surface area (Å²) < 4.78 is 7.39. The van der Waals surface area contributed by atoms with Crippen LogP contribution < -0.4 is 15.4 Å². The van der Waals surface area contributed by atoms with E-state index in [2.05, 4.69) is 48.3 Å². The highest BCUT2D eigenvalue weighted by atomic mass is 16.5. The Hall–Kier alpha value is -4.64. The standard InChI is InChI=1S/C29H29N7O3/c1-2-12-34-14-16-35(17-15-34)13-6-9-22-10-11-26-24(18-22)31-28(37)25(20-39-26)32-29(38)27-30-21-36(33-27)19-23-7-4-3-5-8-23/h1,3-5,7-8,10-11,18,21,25H,12-17,19-20H2,(H,31,37)(H,32,38)/t25-/m0/s1. The molecule has 1 atom stereocenters. The van der Waals surface area contributed by atoms with Crippen molar-refractivity contribution in [3.8, 4) is 29.9 Å². The number of piperazine rings is 1. The Morgan fingerprint density at radius 3 is 2.64 bits per heavy atom. The lowest BCUT2D eigenvalue weighted by Gasteiger charge is -2.32. The number of rotatable bonds is 6. The minimum atomic E-state index is -0.909. The SMILES string of the molecule is C#CCN1CCN(CC#Cc2ccc3c(c2)NC(=O)[C@@H](NC(=O)c2ncn(Cc4ccccc4)n2)CO3)CC1. The van der Waals surface area contributed by atoms with Crippen molar-refractivity contribution in [1.82, 2.24) is 29.9 Å². The third-order valence-corrected chi connectivity index (χ3v) is 6.51. The molecule has 198 valence electrons. The topological polar surface area (TPSA) is 105 Å². The van der Waals surface area contributed by atoms with Gasteiger partial charge >= 0.3 is 0 Å². The summed E-state index contributed by atoms with van der Waals surface area (Å²) in [5.74, 6) is 8.62. The number of nitrogens with one attached hydrogen (secondary N) is 2. The van der Waals surface area contributed by atoms with E-state index in [0.29, 0.717) is 31.1 Å². The molecule has 1 aromatic heterocycles. The molecule has 3 aromatic rings. The molecule has 0 radical (unpaired) electrons. The van der Waals surface area contributed by atoms with Crippen LogP contribution in [0.5, 0.6) is 5.75 Å². The van der Waals surface area contributed by atoms with E-state index in [1.165, 1.54) is 6.33 Å². The first-order chi connectivity index (χ1) is 19.1. The predicted molar refractivity (Wildman–Crippen MR) is 146 cm³/mol. The third kappa shape index (κ3) is 6.82. The number of carbonyl (C=O) groups excluding carboxylic acids is 2. The number of nitrogens with zero attached hydrogens (tertiary/aromatic N) is 5. The van der Waals surface area contributed by atoms with Crippen LogP contribution in [-0.2, 0) is 11.3 Å². The van der Waals surface area contributed by atoms with E-state index < -0.39 is 11.9 Å². The second kappa shape index (κ2) is 12.3. The largest absolute Gasteiger partial charge is 0.489 e. The van der Waals surface area contributed by atoms with Crippen LogP contribution in [0.2, 0.25) is 0 Å². The fourth-order valence-electron chi connectivity index (χ4n) is 4.36. The number of anilines is 1. The Bertz CT molecular complexity index is 1430. The molecule has 0 unspecified atom stereocenters. The van der Waals surface area contributed by atoms with Crippen LogP contribution in [0.15, 0.2) is 54.9 Å². The maximum atomic E-state index is 12.9. The molecule has 1 saturated heterocycles. The highest BCUT2D eigenvalue weighted by Crippen LogP contribution is 2.28. The van der Waals surface area contributed by atoms with E-state index in [1.54, 1.807) is 16.8 Å². The van der Waals surface area contributed by atoms with E-state index in [9.17, 15) is 9.59 Å². The van der Waals surface area contributed by atoms with Crippen molar-refractivity contribution < 1.29 is 14.3 Å². The maximum absolute atomic E-state index is 12.9. The normalized spacial score (nSPS) is 17.4. The minimum absolute atomic E-state index is 0.0180. The van der Waals surface area contributed by atoms with Crippen molar-refractivity contribution >= 4 is 17.5 Å². The van der Waals surface area contributed by atoms with Gasteiger partial charge in [0.2, 0.25) is 5.82 Å². The predicted octanol–water partition coefficient (Wildman–Crippen LogP) is 1.06. The van der Waals surface area contributed by atoms with Gasteiger partial charge in [-0.15, -0.1) is 11.5 Å². The second-order valence-corrected chi connectivity index (χ2v) is 9.35. The monoisotopic (exact) mass is 523 g/mol. The van der Waals surface area contributed by atoms with Crippen molar-refractivity contribution in [2.24, 2.45) is 0 Å². The summed E-state index contributed by atoms with van der Waals surface area (Å²) in [7, 11) is 0. The van der Waals surface area contributed by atoms with E-state index in [4.69, 9.17) is 11.2 Å². The highest BCUT2D eigenvalue weighted by Gasteiger charge is 2.28. The molecule has 2 amide bonds. The molecule has 0 spiro atoms. The lowest BCUT2D eigenvalue weighted by Crippen LogP contribution is -2.46. The van der Waals surface area contributed by atoms with Gasteiger partial charge in [-0.05, 0) is 23.8 Å². The lowest BCUT2D eigenvalue weighted by atomic mass is 10.2. The van der Waals surface area contributed by atoms with Gasteiger partial charge < -0.3 is 15.4 Å². The molecule has 10 heteroatoms. The molecule has 2 N–H and O–H groups in total. The second-order valence-electron chi connectivity index (χ2n) is 9.35. The smallest absolute Gasteiger partial charge is 0.291 e. The van der Waals surface area contributed by atoms with Crippen LogP contribution in [0.25, 0.3) is 0 Å². The zero-order valence-electron chi connectivity index (χ0n) is 21.5. The van der Waals surface area contributed by atoms with Crippen LogP contribution in [0.1, 0.15) is 21.7 Å². The number of amides is 2. The van der Waals surface area contributed by atoms with Crippen LogP contribution in [0, 0.1) is 24.2 Å². The molecule has 3 heterocycles. The first-order valence-electron chi connectivity index (χ1n) is 12.8. The fourth-order valence-corrected chi connectivity index (χ4v) is 4.36. The number of terminal acetylenes is 1. The third-order valence-electron chi connectivity index (χ3n) is 6.51. The van der Waals surface area contributed by atoms with Crippen LogP contribution in [0.4, 0.5) is 5.69 Å². The Kier molecular flexibility index (Phi) is 8.18. The van der Waals surface area contributed by atoms with Gasteiger partial charge in [0.15, 0.2) is 0 Å². The van der Waals surface area contributed by atoms with Crippen LogP contribution in [0.3, 0.4) is 0 Å². The molecule has 0 bridgehead atoms. The van der Waals surface area contributed by atoms with Gasteiger partial charge in [-0.3, -0.25) is 19.4 Å². The minimum Gasteiger partial charge on any atom is -0.489 e. The summed E-state index contributed by atoms with van der Waals surface area (Å²) in [6, 6.07) is 14.2. The number of benzene rings is 2. The number of hydrogen-bond acceptors (Lipinski definition) is 7. The summed E-state index contributed by atoms with van der Waals surface area (Å²) in [5, 5.41) is 9.75. The van der Waals surface area contributed by atoms with Gasteiger partial charge in [0, 0.05) is 31.7 Å². The summed E-state index contributed by atoms with van der Waals surface area (Å²) in [6.07, 6.45) is 6.88. The van der Waals surface area contributed by atoms with Gasteiger partial charge in [-0.2, -0.15) is 0 Å². The van der Waals surface area contributed by atoms with Gasteiger partial charge in [-0.1, -0.05) is 48.1 Å². The molecule has 5 rings (SSSR count). The average molecular weight is 524 g/mol. The number of ether oxygens (including phenoxy) is 1. The molecule has 1 fully saturated rings. The van der Waals surface area contributed by atoms with E-state index >= 15 is 0 Å². The van der Waals surface area contributed by atoms with Crippen LogP contribution in [-0.4, -0.2) is 88.3 Å². The molecule has 39 heavy (non-hydrogen) atoms. The van der Waals surface area contributed by atoms with Crippen molar-refractivity contribution in [3.63, 3.8) is 0 Å². The number of aromatic nitrogens is 3. The van der Waals surface area contributed by atoms with Gasteiger partial charge in [-0.25, -0.2) is 9.67 Å². The van der Waals surface area contributed by atoms with Gasteiger partial charge in [0.25, 0.3) is 11.8 Å². The molecule has 2 aliphatic heterocycles. The maximum Gasteiger partial charge on any atom is 0.291 e. The van der Waals surface area contributed by atoms with Crippen molar-refractivity contribution in [2.75, 3.05) is 51.2 Å². The Morgan fingerprint density at radius 1 is 1.10 bits per heavy atom. The number of hydrogen-bond donors (Lipinski definition) is 2. The molecular formula is C29H29N7O3. The Morgan fingerprint density at radius 2 is 1.87 bits per heavy atom. The quantitative estimate of drug-likeness (QED) is 0.466. The number of carbonyl (C=O) groups is 2. The van der Waals surface area contributed by atoms with Crippen molar-refractivity contribution in [2.45, 2.75) is 12.6 Å². The average Bonchev–Trinajstić information content (AvgIpc) is 3.36. The van der Waals surface area contributed by atoms with Crippen molar-refractivity contribution in [1.29, 1.82) is 0 Å². The molecule has 10 nitrogen and oxygen atoms in total. The molecular weight excluding hydrogens is 494 g/mol. The number of fused-ring (bicyclic) bond motifs is 1. The summed E-state index contributed by atoms with van der Waals surface area (Å²) in [6.45, 7) is 5.55. The van der Waals surface area contributed by atoms with Crippen LogP contribution >= 0.6 is 0 Å². The molecule has 0 saturated carbocycles. The lowest BCUT2D eigenvalue weighted by molar-refractivity contribution is -0.118. The summed E-state index contributed by atoms with van der Waals surface area (Å²) >= 11 is 0. The Labute approximate surface area is 227 Å². The molecule has 0 aliphatic carbocycles. The fraction of sp³-hybridized carbons (Fsp3) is 0.310. The highest BCUT2D eigenvalue weighted by molar-refractivity contribution is 6.01. The summed E-state index contributed by atoms with van der Waals surface area (Å²) in [5.41, 5.74) is 2.31. The zero-order chi connectivity index (χ0) is 27.0. The van der Waals surface area contributed by atoms with E-state index in [1.807, 2.05) is 36.4 Å². The summed E-state index contributed by atoms with van der Waals surface area (Å²) in [4.78, 5) is 34.3. The van der Waals surface area contributed by atoms with Crippen molar-refractivity contribution in [3.05, 3.63) is 71.8 Å². The van der Waals surface area contributed by atoms with Gasteiger partial charge in [0.05, 0.1) is 25.3 Å². The van der Waals surface area contributed by atoms with E-state index in [-0.39, 0.29) is 18.3 Å². The first-order valence-corrected chi connectivity index (χ1v) is 12.8. The van der Waals surface area contributed by atoms with Gasteiger partial charge in [0.1, 0.15) is 24.7 Å². The zero-order valence-corrected chi connectivity index (χ0v) is 21.5. The Balaban J connectivity index is 1.15. The van der Waals surface area contributed by atoms with E-state index in [0.717, 1.165) is 37.3 Å². The first kappa shape index (κ1) is 26.0.